The van der Waals surface area contributed by atoms with Gasteiger partial charge in [0.05, 0.1) is 11.3 Å². The lowest BCUT2D eigenvalue weighted by atomic mass is 9.95. The number of sulfonamides is 1. The molecule has 10 heteroatoms. The van der Waals surface area contributed by atoms with Crippen molar-refractivity contribution in [2.75, 3.05) is 31.5 Å². The SMILES string of the molecule is O=C(Nc1ccc(Cl)c(S(=O)(=O)N2CCCC2)c1)C1CCN(C(=O)c2ccco2)CC1. The lowest BCUT2D eigenvalue weighted by Crippen LogP contribution is -2.41. The summed E-state index contributed by atoms with van der Waals surface area (Å²) in [5.74, 6) is -0.360. The molecule has 166 valence electrons. The highest BCUT2D eigenvalue weighted by Gasteiger charge is 2.31. The Morgan fingerprint density at radius 1 is 1.06 bits per heavy atom. The van der Waals surface area contributed by atoms with E-state index < -0.39 is 10.0 Å². The van der Waals surface area contributed by atoms with Crippen molar-refractivity contribution in [3.05, 3.63) is 47.4 Å². The Hall–Kier alpha value is -2.36. The van der Waals surface area contributed by atoms with E-state index in [-0.39, 0.29) is 33.4 Å². The van der Waals surface area contributed by atoms with E-state index in [4.69, 9.17) is 16.0 Å². The maximum Gasteiger partial charge on any atom is 0.289 e. The second kappa shape index (κ2) is 9.02. The van der Waals surface area contributed by atoms with Gasteiger partial charge in [0.1, 0.15) is 4.90 Å². The molecule has 0 bridgehead atoms. The van der Waals surface area contributed by atoms with Gasteiger partial charge in [0, 0.05) is 37.8 Å². The van der Waals surface area contributed by atoms with Crippen LogP contribution in [0.5, 0.6) is 0 Å². The lowest BCUT2D eigenvalue weighted by molar-refractivity contribution is -0.121. The zero-order chi connectivity index (χ0) is 22.0. The monoisotopic (exact) mass is 465 g/mol. The standard InChI is InChI=1S/C21H24ClN3O5S/c22-17-6-5-16(14-19(17)31(28,29)25-9-1-2-10-25)23-20(26)15-7-11-24(12-8-15)21(27)18-4-3-13-30-18/h3-6,13-15H,1-2,7-12H2,(H,23,26). The van der Waals surface area contributed by atoms with Gasteiger partial charge >= 0.3 is 0 Å². The van der Waals surface area contributed by atoms with E-state index in [1.165, 1.54) is 22.7 Å². The van der Waals surface area contributed by atoms with Crippen molar-refractivity contribution in [2.24, 2.45) is 5.92 Å². The van der Waals surface area contributed by atoms with Gasteiger partial charge in [-0.05, 0) is 56.0 Å². The zero-order valence-electron chi connectivity index (χ0n) is 16.9. The van der Waals surface area contributed by atoms with E-state index in [1.807, 2.05) is 0 Å². The summed E-state index contributed by atoms with van der Waals surface area (Å²) < 4.78 is 32.3. The first-order valence-electron chi connectivity index (χ1n) is 10.3. The molecule has 8 nitrogen and oxygen atoms in total. The highest BCUT2D eigenvalue weighted by molar-refractivity contribution is 7.89. The molecule has 4 rings (SSSR count). The van der Waals surface area contributed by atoms with Crippen molar-refractivity contribution < 1.29 is 22.4 Å². The molecule has 1 aromatic carbocycles. The highest BCUT2D eigenvalue weighted by atomic mass is 35.5. The summed E-state index contributed by atoms with van der Waals surface area (Å²) >= 11 is 6.17. The van der Waals surface area contributed by atoms with Crippen molar-refractivity contribution in [1.82, 2.24) is 9.21 Å². The Balaban J connectivity index is 1.40. The fourth-order valence-corrected chi connectivity index (χ4v) is 6.01. The van der Waals surface area contributed by atoms with Crippen molar-refractivity contribution in [2.45, 2.75) is 30.6 Å². The van der Waals surface area contributed by atoms with Gasteiger partial charge in [-0.25, -0.2) is 8.42 Å². The maximum absolute atomic E-state index is 12.9. The predicted molar refractivity (Wildman–Crippen MR) is 115 cm³/mol. The van der Waals surface area contributed by atoms with Gasteiger partial charge in [0.2, 0.25) is 15.9 Å². The largest absolute Gasteiger partial charge is 0.459 e. The molecule has 0 aliphatic carbocycles. The van der Waals surface area contributed by atoms with Gasteiger partial charge in [-0.15, -0.1) is 0 Å². The van der Waals surface area contributed by atoms with Crippen LogP contribution < -0.4 is 5.32 Å². The Bertz CT molecular complexity index is 1060. The Labute approximate surface area is 186 Å². The number of carbonyl (C=O) groups excluding carboxylic acids is 2. The number of nitrogens with one attached hydrogen (secondary N) is 1. The number of hydrogen-bond acceptors (Lipinski definition) is 5. The third-order valence-corrected chi connectivity index (χ3v) is 8.15. The molecule has 0 spiro atoms. The van der Waals surface area contributed by atoms with Gasteiger partial charge in [0.25, 0.3) is 5.91 Å². The number of furan rings is 1. The van der Waals surface area contributed by atoms with E-state index in [1.54, 1.807) is 23.1 Å². The number of likely N-dealkylation sites (tertiary alicyclic amines) is 1. The van der Waals surface area contributed by atoms with Crippen LogP contribution in [0.1, 0.15) is 36.2 Å². The molecule has 2 aromatic rings. The van der Waals surface area contributed by atoms with Crippen LogP contribution in [0.4, 0.5) is 5.69 Å². The second-order valence-electron chi connectivity index (χ2n) is 7.79. The van der Waals surface area contributed by atoms with Crippen LogP contribution >= 0.6 is 11.6 Å². The van der Waals surface area contributed by atoms with Crippen LogP contribution in [0.3, 0.4) is 0 Å². The number of piperidine rings is 1. The summed E-state index contributed by atoms with van der Waals surface area (Å²) in [4.78, 5) is 26.8. The molecule has 2 aliphatic rings. The molecule has 1 N–H and O–H groups in total. The third kappa shape index (κ3) is 4.63. The topological polar surface area (TPSA) is 99.9 Å². The quantitative estimate of drug-likeness (QED) is 0.730. The summed E-state index contributed by atoms with van der Waals surface area (Å²) in [6.07, 6.45) is 4.15. The molecule has 0 unspecified atom stereocenters. The number of benzene rings is 1. The number of halogens is 1. The van der Waals surface area contributed by atoms with Crippen LogP contribution in [0.25, 0.3) is 0 Å². The average Bonchev–Trinajstić information content (AvgIpc) is 3.49. The van der Waals surface area contributed by atoms with Gasteiger partial charge in [-0.1, -0.05) is 11.6 Å². The molecule has 2 saturated heterocycles. The molecule has 0 radical (unpaired) electrons. The molecule has 0 saturated carbocycles. The van der Waals surface area contributed by atoms with Crippen molar-refractivity contribution in [3.8, 4) is 0 Å². The maximum atomic E-state index is 12.9. The molecule has 0 atom stereocenters. The fraction of sp³-hybridized carbons (Fsp3) is 0.429. The van der Waals surface area contributed by atoms with Gasteiger partial charge in [0.15, 0.2) is 5.76 Å². The summed E-state index contributed by atoms with van der Waals surface area (Å²) in [7, 11) is -3.69. The van der Waals surface area contributed by atoms with Crippen molar-refractivity contribution >= 4 is 39.1 Å². The number of amides is 2. The minimum absolute atomic E-state index is 0.00716. The summed E-state index contributed by atoms with van der Waals surface area (Å²) in [6, 6.07) is 7.79. The van der Waals surface area contributed by atoms with E-state index >= 15 is 0 Å². The van der Waals surface area contributed by atoms with Crippen molar-refractivity contribution in [3.63, 3.8) is 0 Å². The van der Waals surface area contributed by atoms with Crippen LogP contribution in [-0.2, 0) is 14.8 Å². The Morgan fingerprint density at radius 3 is 2.42 bits per heavy atom. The normalized spacial score (nSPS) is 18.3. The Kier molecular flexibility index (Phi) is 6.36. The van der Waals surface area contributed by atoms with Crippen LogP contribution in [0.15, 0.2) is 45.9 Å². The molecule has 3 heterocycles. The second-order valence-corrected chi connectivity index (χ2v) is 10.1. The summed E-state index contributed by atoms with van der Waals surface area (Å²) in [5, 5.41) is 2.94. The van der Waals surface area contributed by atoms with E-state index in [9.17, 15) is 18.0 Å². The number of carbonyl (C=O) groups is 2. The number of hydrogen-bond donors (Lipinski definition) is 1. The first-order valence-corrected chi connectivity index (χ1v) is 12.1. The predicted octanol–water partition coefficient (Wildman–Crippen LogP) is 3.21. The smallest absolute Gasteiger partial charge is 0.289 e. The zero-order valence-corrected chi connectivity index (χ0v) is 18.5. The molecular formula is C21H24ClN3O5S. The number of anilines is 1. The van der Waals surface area contributed by atoms with E-state index in [2.05, 4.69) is 5.32 Å². The molecule has 2 fully saturated rings. The fourth-order valence-electron chi connectivity index (χ4n) is 3.99. The molecular weight excluding hydrogens is 442 g/mol. The molecule has 2 amide bonds. The van der Waals surface area contributed by atoms with Crippen molar-refractivity contribution in [1.29, 1.82) is 0 Å². The number of rotatable bonds is 5. The third-order valence-electron chi connectivity index (χ3n) is 5.77. The minimum atomic E-state index is -3.69. The average molecular weight is 466 g/mol. The Morgan fingerprint density at radius 2 is 1.77 bits per heavy atom. The van der Waals surface area contributed by atoms with E-state index in [0.29, 0.717) is 44.7 Å². The van der Waals surface area contributed by atoms with Gasteiger partial charge in [-0.2, -0.15) is 4.31 Å². The summed E-state index contributed by atoms with van der Waals surface area (Å²) in [6.45, 7) is 1.86. The first-order chi connectivity index (χ1) is 14.9. The van der Waals surface area contributed by atoms with Gasteiger partial charge < -0.3 is 14.6 Å². The van der Waals surface area contributed by atoms with Crippen LogP contribution in [0.2, 0.25) is 5.02 Å². The minimum Gasteiger partial charge on any atom is -0.459 e. The van der Waals surface area contributed by atoms with Crippen LogP contribution in [-0.4, -0.2) is 55.6 Å². The summed E-state index contributed by atoms with van der Waals surface area (Å²) in [5.41, 5.74) is 0.390. The first kappa shape index (κ1) is 21.9. The molecule has 31 heavy (non-hydrogen) atoms. The lowest BCUT2D eigenvalue weighted by Gasteiger charge is -2.30. The van der Waals surface area contributed by atoms with E-state index in [0.717, 1.165) is 12.8 Å². The molecule has 2 aliphatic heterocycles. The highest BCUT2D eigenvalue weighted by Crippen LogP contribution is 2.30. The van der Waals surface area contributed by atoms with Crippen LogP contribution in [0, 0.1) is 5.92 Å². The number of nitrogens with zero attached hydrogens (tertiary/aromatic N) is 2. The molecule has 1 aromatic heterocycles. The van der Waals surface area contributed by atoms with Gasteiger partial charge in [-0.3, -0.25) is 9.59 Å².